The Labute approximate surface area is 111 Å². The van der Waals surface area contributed by atoms with Crippen LogP contribution in [-0.2, 0) is 11.8 Å². The van der Waals surface area contributed by atoms with Gasteiger partial charge in [-0.25, -0.2) is 0 Å². The molecular weight excluding hydrogens is 240 g/mol. The van der Waals surface area contributed by atoms with Crippen LogP contribution in [0.5, 0.6) is 0 Å². The molecule has 0 atom stereocenters. The third-order valence-corrected chi connectivity index (χ3v) is 3.78. The van der Waals surface area contributed by atoms with Crippen molar-refractivity contribution in [3.63, 3.8) is 0 Å². The summed E-state index contributed by atoms with van der Waals surface area (Å²) >= 11 is 0. The number of carbonyl (C=O) groups excluding carboxylic acids is 2. The molecule has 0 N–H and O–H groups in total. The van der Waals surface area contributed by atoms with Gasteiger partial charge >= 0.3 is 0 Å². The number of piperidine rings is 1. The number of amides is 1. The summed E-state index contributed by atoms with van der Waals surface area (Å²) in [6, 6.07) is 9.87. The molecule has 1 aliphatic rings. The second-order valence-corrected chi connectivity index (χ2v) is 4.98. The average Bonchev–Trinajstić information content (AvgIpc) is 2.77. The molecule has 3 rings (SSSR count). The maximum atomic E-state index is 12.5. The van der Waals surface area contributed by atoms with E-state index in [9.17, 15) is 9.59 Å². The van der Waals surface area contributed by atoms with Crippen molar-refractivity contribution in [3.8, 4) is 0 Å². The molecule has 1 aromatic carbocycles. The number of Topliss-reactive ketones (excluding diaryl/α,β-unsaturated/α-hetero) is 1. The van der Waals surface area contributed by atoms with Gasteiger partial charge < -0.3 is 9.47 Å². The molecule has 0 aliphatic carbocycles. The van der Waals surface area contributed by atoms with Crippen LogP contribution in [-0.4, -0.2) is 34.2 Å². The van der Waals surface area contributed by atoms with Gasteiger partial charge in [0.2, 0.25) is 0 Å². The Morgan fingerprint density at radius 3 is 2.53 bits per heavy atom. The van der Waals surface area contributed by atoms with Gasteiger partial charge in [0.1, 0.15) is 11.5 Å². The lowest BCUT2D eigenvalue weighted by Gasteiger charge is -2.26. The number of para-hydroxylation sites is 1. The van der Waals surface area contributed by atoms with Crippen LogP contribution in [0.4, 0.5) is 0 Å². The Balaban J connectivity index is 1.93. The predicted molar refractivity (Wildman–Crippen MR) is 73.1 cm³/mol. The molecule has 1 aliphatic heterocycles. The Morgan fingerprint density at radius 2 is 1.84 bits per heavy atom. The second-order valence-electron chi connectivity index (χ2n) is 4.98. The maximum absolute atomic E-state index is 12.5. The number of rotatable bonds is 1. The lowest BCUT2D eigenvalue weighted by atomic mass is 10.1. The van der Waals surface area contributed by atoms with Crippen molar-refractivity contribution in [2.75, 3.05) is 13.1 Å². The molecule has 1 fully saturated rings. The maximum Gasteiger partial charge on any atom is 0.270 e. The monoisotopic (exact) mass is 256 g/mol. The lowest BCUT2D eigenvalue weighted by molar-refractivity contribution is -0.120. The van der Waals surface area contributed by atoms with Gasteiger partial charge in [0.25, 0.3) is 5.91 Å². The van der Waals surface area contributed by atoms with Gasteiger partial charge in [0.05, 0.1) is 0 Å². The first-order chi connectivity index (χ1) is 9.16. The highest BCUT2D eigenvalue weighted by molar-refractivity contribution is 5.99. The van der Waals surface area contributed by atoms with Gasteiger partial charge in [-0.3, -0.25) is 9.59 Å². The third kappa shape index (κ3) is 2.03. The summed E-state index contributed by atoms with van der Waals surface area (Å²) in [4.78, 5) is 25.5. The van der Waals surface area contributed by atoms with Gasteiger partial charge in [-0.2, -0.15) is 0 Å². The van der Waals surface area contributed by atoms with Crippen LogP contribution in [0.2, 0.25) is 0 Å². The van der Waals surface area contributed by atoms with Crippen molar-refractivity contribution in [2.24, 2.45) is 7.05 Å². The summed E-state index contributed by atoms with van der Waals surface area (Å²) in [5, 5.41) is 1.07. The van der Waals surface area contributed by atoms with Crippen LogP contribution in [0, 0.1) is 0 Å². The Hall–Kier alpha value is -2.10. The van der Waals surface area contributed by atoms with Crippen LogP contribution < -0.4 is 0 Å². The van der Waals surface area contributed by atoms with Crippen molar-refractivity contribution < 1.29 is 9.59 Å². The fraction of sp³-hybridized carbons (Fsp3) is 0.333. The zero-order valence-corrected chi connectivity index (χ0v) is 10.9. The largest absolute Gasteiger partial charge is 0.340 e. The highest BCUT2D eigenvalue weighted by Crippen LogP contribution is 2.20. The van der Waals surface area contributed by atoms with Crippen molar-refractivity contribution in [2.45, 2.75) is 12.8 Å². The highest BCUT2D eigenvalue weighted by Gasteiger charge is 2.24. The van der Waals surface area contributed by atoms with Gasteiger partial charge in [-0.15, -0.1) is 0 Å². The Kier molecular flexibility index (Phi) is 2.85. The number of likely N-dealkylation sites (tertiary alicyclic amines) is 1. The summed E-state index contributed by atoms with van der Waals surface area (Å²) in [7, 11) is 1.91. The first-order valence-electron chi connectivity index (χ1n) is 6.52. The first kappa shape index (κ1) is 12.0. The van der Waals surface area contributed by atoms with Crippen LogP contribution >= 0.6 is 0 Å². The summed E-state index contributed by atoms with van der Waals surface area (Å²) in [6.45, 7) is 1.08. The van der Waals surface area contributed by atoms with E-state index in [2.05, 4.69) is 0 Å². The molecule has 4 heteroatoms. The van der Waals surface area contributed by atoms with E-state index < -0.39 is 0 Å². The normalized spacial score (nSPS) is 16.1. The quantitative estimate of drug-likeness (QED) is 0.783. The molecular formula is C15H16N2O2. The van der Waals surface area contributed by atoms with E-state index in [-0.39, 0.29) is 11.7 Å². The van der Waals surface area contributed by atoms with E-state index in [1.54, 1.807) is 4.90 Å². The topological polar surface area (TPSA) is 42.3 Å². The van der Waals surface area contributed by atoms with Crippen molar-refractivity contribution in [1.82, 2.24) is 9.47 Å². The van der Waals surface area contributed by atoms with Crippen LogP contribution in [0.25, 0.3) is 10.9 Å². The molecule has 4 nitrogen and oxygen atoms in total. The highest BCUT2D eigenvalue weighted by atomic mass is 16.2. The molecule has 0 unspecified atom stereocenters. The van der Waals surface area contributed by atoms with Gasteiger partial charge in [-0.1, -0.05) is 18.2 Å². The molecule has 0 bridgehead atoms. The molecule has 2 aromatic rings. The van der Waals surface area contributed by atoms with Crippen LogP contribution in [0.1, 0.15) is 23.3 Å². The summed E-state index contributed by atoms with van der Waals surface area (Å²) in [5.74, 6) is 0.271. The Morgan fingerprint density at radius 1 is 1.16 bits per heavy atom. The SMILES string of the molecule is Cn1c(C(=O)N2CCC(=O)CC2)cc2ccccc21. The third-order valence-electron chi connectivity index (χ3n) is 3.78. The molecule has 1 aromatic heterocycles. The van der Waals surface area contributed by atoms with Gasteiger partial charge in [0.15, 0.2) is 0 Å². The average molecular weight is 256 g/mol. The van der Waals surface area contributed by atoms with Crippen LogP contribution in [0.15, 0.2) is 30.3 Å². The fourth-order valence-corrected chi connectivity index (χ4v) is 2.62. The van der Waals surface area contributed by atoms with Crippen molar-refractivity contribution in [3.05, 3.63) is 36.0 Å². The number of nitrogens with zero attached hydrogens (tertiary/aromatic N) is 2. The van der Waals surface area contributed by atoms with Crippen LogP contribution in [0.3, 0.4) is 0 Å². The second kappa shape index (κ2) is 4.53. The molecule has 0 spiro atoms. The van der Waals surface area contributed by atoms with Crippen molar-refractivity contribution >= 4 is 22.6 Å². The number of fused-ring (bicyclic) bond motifs is 1. The van der Waals surface area contributed by atoms with E-state index >= 15 is 0 Å². The number of carbonyl (C=O) groups is 2. The standard InChI is InChI=1S/C15H16N2O2/c1-16-13-5-3-2-4-11(13)10-14(16)15(19)17-8-6-12(18)7-9-17/h2-5,10H,6-9H2,1H3. The molecule has 19 heavy (non-hydrogen) atoms. The van der Waals surface area contributed by atoms with Gasteiger partial charge in [-0.05, 0) is 12.1 Å². The van der Waals surface area contributed by atoms with Crippen molar-refractivity contribution in [1.29, 1.82) is 0 Å². The molecule has 0 saturated carbocycles. The van der Waals surface area contributed by atoms with Gasteiger partial charge in [0, 0.05) is 43.9 Å². The fourth-order valence-electron chi connectivity index (χ4n) is 2.62. The number of aryl methyl sites for hydroxylation is 1. The predicted octanol–water partition coefficient (Wildman–Crippen LogP) is 1.98. The number of benzene rings is 1. The number of ketones is 1. The van der Waals surface area contributed by atoms with E-state index in [0.717, 1.165) is 10.9 Å². The molecule has 0 radical (unpaired) electrons. The molecule has 2 heterocycles. The lowest BCUT2D eigenvalue weighted by Crippen LogP contribution is -2.39. The van der Waals surface area contributed by atoms with E-state index in [0.29, 0.717) is 31.6 Å². The molecule has 1 amide bonds. The summed E-state index contributed by atoms with van der Waals surface area (Å²) < 4.78 is 1.92. The minimum Gasteiger partial charge on any atom is -0.340 e. The molecule has 98 valence electrons. The minimum atomic E-state index is 0.0196. The number of aromatic nitrogens is 1. The van der Waals surface area contributed by atoms with E-state index in [1.165, 1.54) is 0 Å². The number of hydrogen-bond acceptors (Lipinski definition) is 2. The zero-order valence-electron chi connectivity index (χ0n) is 10.9. The first-order valence-corrected chi connectivity index (χ1v) is 6.52. The summed E-state index contributed by atoms with van der Waals surface area (Å²) in [6.07, 6.45) is 0.964. The van der Waals surface area contributed by atoms with E-state index in [1.807, 2.05) is 41.9 Å². The van der Waals surface area contributed by atoms with E-state index in [4.69, 9.17) is 0 Å². The number of hydrogen-bond donors (Lipinski definition) is 0. The summed E-state index contributed by atoms with van der Waals surface area (Å²) in [5.41, 5.74) is 1.74. The zero-order chi connectivity index (χ0) is 13.4. The minimum absolute atomic E-state index is 0.0196. The Bertz CT molecular complexity index is 647. The smallest absolute Gasteiger partial charge is 0.270 e. The molecule has 1 saturated heterocycles.